The number of carbonyl (C=O) groups is 1. The summed E-state index contributed by atoms with van der Waals surface area (Å²) in [6.07, 6.45) is 6.64. The van der Waals surface area contributed by atoms with E-state index in [0.29, 0.717) is 13.0 Å². The Hall–Kier alpha value is -2.59. The van der Waals surface area contributed by atoms with Gasteiger partial charge in [-0.15, -0.1) is 0 Å². The molecule has 1 amide bonds. The molecule has 3 atom stereocenters. The van der Waals surface area contributed by atoms with Crippen LogP contribution in [0.2, 0.25) is 0 Å². The molecule has 5 rings (SSSR count). The first-order valence-corrected chi connectivity index (χ1v) is 10.3. The lowest BCUT2D eigenvalue weighted by Gasteiger charge is -2.52. The van der Waals surface area contributed by atoms with Gasteiger partial charge in [0, 0.05) is 41.2 Å². The molecule has 28 heavy (non-hydrogen) atoms. The Bertz CT molecular complexity index is 996. The lowest BCUT2D eigenvalue weighted by Crippen LogP contribution is -2.59. The van der Waals surface area contributed by atoms with Gasteiger partial charge in [0.15, 0.2) is 0 Å². The molecule has 1 aliphatic carbocycles. The molecule has 1 aromatic heterocycles. The van der Waals surface area contributed by atoms with Crippen LogP contribution in [-0.2, 0) is 5.60 Å². The predicted molar refractivity (Wildman–Crippen MR) is 110 cm³/mol. The SMILES string of the molecule is O=C(c1cccc2[nH]ccc12)N1CC[C@@](O)(c2ccccc2)[C@@H]2CCCC[C@H]21. The number of benzene rings is 2. The van der Waals surface area contributed by atoms with Gasteiger partial charge in [-0.2, -0.15) is 0 Å². The number of aromatic amines is 1. The van der Waals surface area contributed by atoms with Crippen LogP contribution in [0.15, 0.2) is 60.8 Å². The first kappa shape index (κ1) is 17.5. The van der Waals surface area contributed by atoms with Crippen molar-refractivity contribution in [3.05, 3.63) is 71.9 Å². The topological polar surface area (TPSA) is 56.3 Å². The maximum atomic E-state index is 13.5. The molecule has 2 fully saturated rings. The summed E-state index contributed by atoms with van der Waals surface area (Å²) >= 11 is 0. The highest BCUT2D eigenvalue weighted by atomic mass is 16.3. The predicted octanol–water partition coefficient (Wildman–Crippen LogP) is 4.46. The minimum Gasteiger partial charge on any atom is -0.385 e. The molecule has 0 unspecified atom stereocenters. The van der Waals surface area contributed by atoms with Crippen molar-refractivity contribution in [1.82, 2.24) is 9.88 Å². The second-order valence-corrected chi connectivity index (χ2v) is 8.24. The molecule has 0 bridgehead atoms. The lowest BCUT2D eigenvalue weighted by molar-refractivity contribution is -0.110. The van der Waals surface area contributed by atoms with E-state index < -0.39 is 5.60 Å². The number of aromatic nitrogens is 1. The molecule has 2 heterocycles. The van der Waals surface area contributed by atoms with Crippen molar-refractivity contribution < 1.29 is 9.90 Å². The third-order valence-corrected chi connectivity index (χ3v) is 6.84. The Kier molecular flexibility index (Phi) is 4.24. The first-order valence-electron chi connectivity index (χ1n) is 10.3. The van der Waals surface area contributed by atoms with Gasteiger partial charge >= 0.3 is 0 Å². The van der Waals surface area contributed by atoms with Gasteiger partial charge in [0.2, 0.25) is 0 Å². The molecule has 4 nitrogen and oxygen atoms in total. The molecule has 144 valence electrons. The van der Waals surface area contributed by atoms with Gasteiger partial charge in [-0.1, -0.05) is 49.2 Å². The summed E-state index contributed by atoms with van der Waals surface area (Å²) < 4.78 is 0. The number of hydrogen-bond acceptors (Lipinski definition) is 2. The smallest absolute Gasteiger partial charge is 0.254 e. The minimum absolute atomic E-state index is 0.0896. The Morgan fingerprint density at radius 2 is 1.86 bits per heavy atom. The van der Waals surface area contributed by atoms with Gasteiger partial charge < -0.3 is 15.0 Å². The van der Waals surface area contributed by atoms with E-state index in [1.54, 1.807) is 0 Å². The van der Waals surface area contributed by atoms with Crippen LogP contribution in [0.5, 0.6) is 0 Å². The zero-order valence-electron chi connectivity index (χ0n) is 16.0. The fraction of sp³-hybridized carbons (Fsp3) is 0.375. The van der Waals surface area contributed by atoms with Gasteiger partial charge in [-0.3, -0.25) is 4.79 Å². The van der Waals surface area contributed by atoms with Crippen LogP contribution in [0.25, 0.3) is 10.9 Å². The average Bonchev–Trinajstić information content (AvgIpc) is 3.23. The van der Waals surface area contributed by atoms with Gasteiger partial charge in [0.1, 0.15) is 0 Å². The molecule has 2 aliphatic rings. The van der Waals surface area contributed by atoms with E-state index in [9.17, 15) is 9.90 Å². The van der Waals surface area contributed by atoms with E-state index >= 15 is 0 Å². The quantitative estimate of drug-likeness (QED) is 0.696. The van der Waals surface area contributed by atoms with Crippen molar-refractivity contribution in [2.45, 2.75) is 43.7 Å². The van der Waals surface area contributed by atoms with E-state index in [2.05, 4.69) is 4.98 Å². The number of aliphatic hydroxyl groups is 1. The number of carbonyl (C=O) groups excluding carboxylic acids is 1. The molecular weight excluding hydrogens is 348 g/mol. The van der Waals surface area contributed by atoms with Crippen LogP contribution in [0.4, 0.5) is 0 Å². The normalized spacial score (nSPS) is 27.5. The molecule has 2 N–H and O–H groups in total. The van der Waals surface area contributed by atoms with Crippen LogP contribution in [0, 0.1) is 5.92 Å². The highest BCUT2D eigenvalue weighted by Crippen LogP contribution is 2.47. The van der Waals surface area contributed by atoms with Crippen LogP contribution in [0.3, 0.4) is 0 Å². The van der Waals surface area contributed by atoms with Crippen LogP contribution in [0.1, 0.15) is 48.0 Å². The number of hydrogen-bond donors (Lipinski definition) is 2. The number of nitrogens with zero attached hydrogens (tertiary/aromatic N) is 1. The number of nitrogens with one attached hydrogen (secondary N) is 1. The third-order valence-electron chi connectivity index (χ3n) is 6.84. The summed E-state index contributed by atoms with van der Waals surface area (Å²) in [6, 6.07) is 18.0. The zero-order chi connectivity index (χ0) is 19.1. The molecule has 1 saturated carbocycles. The number of fused-ring (bicyclic) bond motifs is 2. The molecular formula is C24H26N2O2. The Morgan fingerprint density at radius 3 is 2.71 bits per heavy atom. The summed E-state index contributed by atoms with van der Waals surface area (Å²) in [4.78, 5) is 18.8. The first-order chi connectivity index (χ1) is 13.7. The standard InChI is InChI=1S/C24H26N2O2/c27-23(19-9-6-11-21-18(19)13-15-25-21)26-16-14-24(28,17-7-2-1-3-8-17)20-10-4-5-12-22(20)26/h1-3,6-9,11,13,15,20,22,25,28H,4-5,10,12,14,16H2/t20-,22-,24-/m1/s1. The number of likely N-dealkylation sites (tertiary alicyclic amines) is 1. The summed E-state index contributed by atoms with van der Waals surface area (Å²) in [5.41, 5.74) is 1.90. The highest BCUT2D eigenvalue weighted by Gasteiger charge is 2.50. The van der Waals surface area contributed by atoms with Crippen LogP contribution in [-0.4, -0.2) is 33.5 Å². The second kappa shape index (κ2) is 6.78. The summed E-state index contributed by atoms with van der Waals surface area (Å²) in [7, 11) is 0. The molecule has 0 radical (unpaired) electrons. The Morgan fingerprint density at radius 1 is 1.04 bits per heavy atom. The number of rotatable bonds is 2. The second-order valence-electron chi connectivity index (χ2n) is 8.24. The fourth-order valence-electron chi connectivity index (χ4n) is 5.45. The minimum atomic E-state index is -0.844. The third kappa shape index (κ3) is 2.67. The average molecular weight is 374 g/mol. The van der Waals surface area contributed by atoms with Gasteiger partial charge in [-0.25, -0.2) is 0 Å². The van der Waals surface area contributed by atoms with Gasteiger partial charge in [0.05, 0.1) is 5.60 Å². The lowest BCUT2D eigenvalue weighted by atomic mass is 9.66. The molecule has 1 aliphatic heterocycles. The summed E-state index contributed by atoms with van der Waals surface area (Å²) in [6.45, 7) is 0.589. The van der Waals surface area contributed by atoms with Crippen LogP contribution >= 0.6 is 0 Å². The van der Waals surface area contributed by atoms with Gasteiger partial charge in [-0.05, 0) is 43.0 Å². The number of piperidine rings is 1. The van der Waals surface area contributed by atoms with Crippen molar-refractivity contribution in [1.29, 1.82) is 0 Å². The molecule has 4 heteroatoms. The zero-order valence-corrected chi connectivity index (χ0v) is 16.0. The van der Waals surface area contributed by atoms with E-state index in [1.165, 1.54) is 0 Å². The van der Waals surface area contributed by atoms with Gasteiger partial charge in [0.25, 0.3) is 5.91 Å². The highest BCUT2D eigenvalue weighted by molar-refractivity contribution is 6.06. The molecule has 2 aromatic carbocycles. The van der Waals surface area contributed by atoms with Crippen molar-refractivity contribution in [2.24, 2.45) is 5.92 Å². The maximum absolute atomic E-state index is 13.5. The molecule has 0 spiro atoms. The monoisotopic (exact) mass is 374 g/mol. The van der Waals surface area contributed by atoms with Crippen LogP contribution < -0.4 is 0 Å². The van der Waals surface area contributed by atoms with Crippen molar-refractivity contribution in [3.8, 4) is 0 Å². The largest absolute Gasteiger partial charge is 0.385 e. The molecule has 1 saturated heterocycles. The van der Waals surface area contributed by atoms with Crippen molar-refractivity contribution >= 4 is 16.8 Å². The summed E-state index contributed by atoms with van der Waals surface area (Å²) in [5, 5.41) is 12.7. The van der Waals surface area contributed by atoms with E-state index in [1.807, 2.05) is 65.7 Å². The molecule has 3 aromatic rings. The van der Waals surface area contributed by atoms with E-state index in [4.69, 9.17) is 0 Å². The maximum Gasteiger partial charge on any atom is 0.254 e. The van der Waals surface area contributed by atoms with E-state index in [0.717, 1.165) is 47.7 Å². The summed E-state index contributed by atoms with van der Waals surface area (Å²) in [5.74, 6) is 0.184. The Balaban J connectivity index is 1.51. The number of H-pyrrole nitrogens is 1. The Labute approximate surface area is 165 Å². The van der Waals surface area contributed by atoms with Crippen molar-refractivity contribution in [2.75, 3.05) is 6.54 Å². The van der Waals surface area contributed by atoms with Crippen molar-refractivity contribution in [3.63, 3.8) is 0 Å². The fourth-order valence-corrected chi connectivity index (χ4v) is 5.45. The number of amides is 1. The van der Waals surface area contributed by atoms with E-state index in [-0.39, 0.29) is 17.9 Å².